The number of hydrazone groups is 2. The van der Waals surface area contributed by atoms with Crippen molar-refractivity contribution in [3.05, 3.63) is 24.3 Å². The van der Waals surface area contributed by atoms with Gasteiger partial charge in [0.05, 0.1) is 11.1 Å². The molecule has 0 aromatic heterocycles. The van der Waals surface area contributed by atoms with E-state index in [1.165, 1.54) is 0 Å². The Hall–Kier alpha value is -2.64. The van der Waals surface area contributed by atoms with E-state index in [9.17, 15) is 9.59 Å². The van der Waals surface area contributed by atoms with Gasteiger partial charge < -0.3 is 21.5 Å². The molecule has 2 heterocycles. The third-order valence-electron chi connectivity index (χ3n) is 4.63. The third kappa shape index (κ3) is 7.64. The standard InChI is InChI=1S/C19H30N6O2/c1-18(8-4-12-22-24-18)10-14-20-16(26)6-3-7-17(27)21-15-11-19(2)9-5-13-23-25-19/h4-5,8-9,12-13,24-25H,3,6-7,10-11,14-15H2,1-2H3,(H,20,26)(H,21,27). The van der Waals surface area contributed by atoms with Crippen LogP contribution in [0.15, 0.2) is 34.5 Å². The Morgan fingerprint density at radius 2 is 1.30 bits per heavy atom. The number of rotatable bonds is 10. The number of amides is 2. The van der Waals surface area contributed by atoms with Gasteiger partial charge in [-0.1, -0.05) is 12.2 Å². The van der Waals surface area contributed by atoms with Gasteiger partial charge in [-0.25, -0.2) is 0 Å². The normalized spacial score (nSPS) is 25.6. The minimum Gasteiger partial charge on any atom is -0.356 e. The molecule has 0 radical (unpaired) electrons. The van der Waals surface area contributed by atoms with Crippen molar-refractivity contribution in [1.82, 2.24) is 21.5 Å². The van der Waals surface area contributed by atoms with Crippen molar-refractivity contribution in [3.63, 3.8) is 0 Å². The average molecular weight is 374 g/mol. The Bertz CT molecular complexity index is 588. The maximum Gasteiger partial charge on any atom is 0.220 e. The first-order valence-corrected chi connectivity index (χ1v) is 9.40. The van der Waals surface area contributed by atoms with E-state index in [1.807, 2.05) is 38.2 Å². The van der Waals surface area contributed by atoms with Crippen LogP contribution in [0.5, 0.6) is 0 Å². The summed E-state index contributed by atoms with van der Waals surface area (Å²) in [6.45, 7) is 5.19. The summed E-state index contributed by atoms with van der Waals surface area (Å²) < 4.78 is 0. The van der Waals surface area contributed by atoms with Gasteiger partial charge in [0, 0.05) is 38.4 Å². The second kappa shape index (κ2) is 9.89. The van der Waals surface area contributed by atoms with E-state index in [0.717, 1.165) is 12.8 Å². The molecule has 0 aromatic rings. The number of carbonyl (C=O) groups excluding carboxylic acids is 2. The van der Waals surface area contributed by atoms with Crippen LogP contribution in [0, 0.1) is 0 Å². The highest BCUT2D eigenvalue weighted by Gasteiger charge is 2.22. The maximum absolute atomic E-state index is 11.9. The summed E-state index contributed by atoms with van der Waals surface area (Å²) in [5, 5.41) is 13.8. The monoisotopic (exact) mass is 374 g/mol. The number of hydrogen-bond acceptors (Lipinski definition) is 6. The summed E-state index contributed by atoms with van der Waals surface area (Å²) in [5.74, 6) is -0.0618. The molecule has 4 N–H and O–H groups in total. The Morgan fingerprint density at radius 1 is 0.852 bits per heavy atom. The van der Waals surface area contributed by atoms with Crippen LogP contribution in [0.25, 0.3) is 0 Å². The van der Waals surface area contributed by atoms with Gasteiger partial charge >= 0.3 is 0 Å². The summed E-state index contributed by atoms with van der Waals surface area (Å²) in [7, 11) is 0. The first-order valence-electron chi connectivity index (χ1n) is 9.40. The van der Waals surface area contributed by atoms with Crippen LogP contribution in [-0.4, -0.2) is 48.4 Å². The first kappa shape index (κ1) is 20.7. The molecule has 2 unspecified atom stereocenters. The Balaban J connectivity index is 1.51. The fourth-order valence-electron chi connectivity index (χ4n) is 2.83. The summed E-state index contributed by atoms with van der Waals surface area (Å²) in [6.07, 6.45) is 14.0. The smallest absolute Gasteiger partial charge is 0.220 e. The molecule has 27 heavy (non-hydrogen) atoms. The fraction of sp³-hybridized carbons (Fsp3) is 0.579. The van der Waals surface area contributed by atoms with E-state index in [4.69, 9.17) is 0 Å². The van der Waals surface area contributed by atoms with E-state index in [1.54, 1.807) is 12.4 Å². The van der Waals surface area contributed by atoms with Crippen molar-refractivity contribution in [2.75, 3.05) is 13.1 Å². The molecule has 0 aliphatic carbocycles. The quantitative estimate of drug-likeness (QED) is 0.457. The van der Waals surface area contributed by atoms with Crippen LogP contribution in [0.1, 0.15) is 46.0 Å². The van der Waals surface area contributed by atoms with Gasteiger partial charge in [-0.2, -0.15) is 10.2 Å². The van der Waals surface area contributed by atoms with Gasteiger partial charge in [0.25, 0.3) is 0 Å². The van der Waals surface area contributed by atoms with E-state index < -0.39 is 0 Å². The zero-order chi connectivity index (χ0) is 19.6. The van der Waals surface area contributed by atoms with Crippen LogP contribution >= 0.6 is 0 Å². The van der Waals surface area contributed by atoms with Gasteiger partial charge in [-0.3, -0.25) is 9.59 Å². The largest absolute Gasteiger partial charge is 0.356 e. The Morgan fingerprint density at radius 3 is 1.67 bits per heavy atom. The van der Waals surface area contributed by atoms with Gasteiger partial charge in [0.1, 0.15) is 0 Å². The Kier molecular flexibility index (Phi) is 7.57. The van der Waals surface area contributed by atoms with E-state index in [-0.39, 0.29) is 22.9 Å². The van der Waals surface area contributed by atoms with Gasteiger partial charge in [-0.15, -0.1) is 0 Å². The van der Waals surface area contributed by atoms with Crippen molar-refractivity contribution in [1.29, 1.82) is 0 Å². The topological polar surface area (TPSA) is 107 Å². The molecule has 8 heteroatoms. The predicted molar refractivity (Wildman–Crippen MR) is 107 cm³/mol. The van der Waals surface area contributed by atoms with Crippen molar-refractivity contribution >= 4 is 24.2 Å². The van der Waals surface area contributed by atoms with Crippen LogP contribution in [0.4, 0.5) is 0 Å². The molecule has 0 spiro atoms. The van der Waals surface area contributed by atoms with Crippen LogP contribution in [-0.2, 0) is 9.59 Å². The summed E-state index contributed by atoms with van der Waals surface area (Å²) in [5.41, 5.74) is 5.61. The molecular formula is C19H30N6O2. The first-order chi connectivity index (χ1) is 12.9. The van der Waals surface area contributed by atoms with Gasteiger partial charge in [0.15, 0.2) is 0 Å². The summed E-state index contributed by atoms with van der Waals surface area (Å²) in [6, 6.07) is 0. The molecule has 2 amide bonds. The van der Waals surface area contributed by atoms with E-state index >= 15 is 0 Å². The number of nitrogens with one attached hydrogen (secondary N) is 4. The molecule has 148 valence electrons. The number of nitrogens with zero attached hydrogens (tertiary/aromatic N) is 2. The van der Waals surface area contributed by atoms with Crippen LogP contribution < -0.4 is 21.5 Å². The lowest BCUT2D eigenvalue weighted by Crippen LogP contribution is -2.42. The highest BCUT2D eigenvalue weighted by atomic mass is 16.2. The molecule has 2 aliphatic rings. The molecular weight excluding hydrogens is 344 g/mol. The average Bonchev–Trinajstić information content (AvgIpc) is 2.62. The number of carbonyl (C=O) groups is 2. The fourth-order valence-corrected chi connectivity index (χ4v) is 2.83. The number of allylic oxidation sites excluding steroid dienone is 2. The van der Waals surface area contributed by atoms with E-state index in [2.05, 4.69) is 31.7 Å². The summed E-state index contributed by atoms with van der Waals surface area (Å²) >= 11 is 0. The van der Waals surface area contributed by atoms with Crippen LogP contribution in [0.2, 0.25) is 0 Å². The Labute approximate surface area is 160 Å². The number of hydrogen-bond donors (Lipinski definition) is 4. The lowest BCUT2D eigenvalue weighted by Gasteiger charge is -2.27. The minimum absolute atomic E-state index is 0.0309. The SMILES string of the molecule is CC1(CCNC(=O)CCCC(=O)NCCC2(C)C=CC=NN2)C=CC=NN1. The van der Waals surface area contributed by atoms with Crippen molar-refractivity contribution in [2.24, 2.45) is 10.2 Å². The van der Waals surface area contributed by atoms with Gasteiger partial charge in [0.2, 0.25) is 11.8 Å². The zero-order valence-corrected chi connectivity index (χ0v) is 16.1. The lowest BCUT2D eigenvalue weighted by atomic mass is 9.97. The minimum atomic E-state index is -0.230. The molecule has 2 atom stereocenters. The second-order valence-corrected chi connectivity index (χ2v) is 7.39. The molecule has 0 bridgehead atoms. The van der Waals surface area contributed by atoms with E-state index in [0.29, 0.717) is 32.4 Å². The highest BCUT2D eigenvalue weighted by Crippen LogP contribution is 2.13. The maximum atomic E-state index is 11.9. The molecule has 0 saturated heterocycles. The molecule has 0 saturated carbocycles. The second-order valence-electron chi connectivity index (χ2n) is 7.39. The predicted octanol–water partition coefficient (Wildman–Crippen LogP) is 0.977. The molecule has 0 fully saturated rings. The van der Waals surface area contributed by atoms with Gasteiger partial charge in [-0.05, 0) is 45.3 Å². The van der Waals surface area contributed by atoms with Crippen molar-refractivity contribution in [2.45, 2.75) is 57.0 Å². The van der Waals surface area contributed by atoms with Crippen molar-refractivity contribution in [3.8, 4) is 0 Å². The molecule has 8 nitrogen and oxygen atoms in total. The molecule has 2 aliphatic heterocycles. The lowest BCUT2D eigenvalue weighted by molar-refractivity contribution is -0.122. The molecule has 2 rings (SSSR count). The highest BCUT2D eigenvalue weighted by molar-refractivity contribution is 5.78. The van der Waals surface area contributed by atoms with Crippen molar-refractivity contribution < 1.29 is 9.59 Å². The summed E-state index contributed by atoms with van der Waals surface area (Å²) in [4.78, 5) is 23.8. The zero-order valence-electron chi connectivity index (χ0n) is 16.1. The van der Waals surface area contributed by atoms with Crippen LogP contribution in [0.3, 0.4) is 0 Å². The third-order valence-corrected chi connectivity index (χ3v) is 4.63. The molecule has 0 aromatic carbocycles.